The molecule has 1 aromatic carbocycles. The number of hydrogen-bond donors (Lipinski definition) is 2. The van der Waals surface area contributed by atoms with Gasteiger partial charge in [0.05, 0.1) is 11.4 Å². The van der Waals surface area contributed by atoms with Crippen LogP contribution in [0.2, 0.25) is 0 Å². The molecule has 0 saturated carbocycles. The number of nitrogens with two attached hydrogens (primary N) is 1. The summed E-state index contributed by atoms with van der Waals surface area (Å²) in [6.07, 6.45) is 1.10. The molecule has 3 aromatic rings. The molecule has 0 bridgehead atoms. The van der Waals surface area contributed by atoms with Gasteiger partial charge in [-0.05, 0) is 38.1 Å². The van der Waals surface area contributed by atoms with E-state index >= 15 is 0 Å². The Balaban J connectivity index is 1.82. The molecule has 0 spiro atoms. The van der Waals surface area contributed by atoms with E-state index in [0.29, 0.717) is 37.0 Å². The average molecular weight is 384 g/mol. The first-order valence-electron chi connectivity index (χ1n) is 9.00. The Bertz CT molecular complexity index is 962. The summed E-state index contributed by atoms with van der Waals surface area (Å²) < 4.78 is 14.5. The van der Waals surface area contributed by atoms with Gasteiger partial charge in [-0.25, -0.2) is 9.48 Å². The molecule has 0 aliphatic carbocycles. The number of aryl methyl sites for hydroxylation is 3. The number of anilines is 1. The fraction of sp³-hybridized carbons (Fsp3) is 0.316. The predicted molar refractivity (Wildman–Crippen MR) is 105 cm³/mol. The molecule has 0 unspecified atom stereocenters. The molecule has 0 aliphatic heterocycles. The number of ether oxygens (including phenoxy) is 2. The van der Waals surface area contributed by atoms with Gasteiger partial charge in [-0.15, -0.1) is 0 Å². The van der Waals surface area contributed by atoms with E-state index in [1.54, 1.807) is 33.8 Å². The van der Waals surface area contributed by atoms with E-state index in [1.165, 1.54) is 0 Å². The monoisotopic (exact) mass is 384 g/mol. The number of benzene rings is 1. The van der Waals surface area contributed by atoms with Gasteiger partial charge >= 0.3 is 6.09 Å². The zero-order valence-electron chi connectivity index (χ0n) is 16.2. The number of rotatable bonds is 7. The first-order chi connectivity index (χ1) is 13.5. The minimum atomic E-state index is -0.596. The third kappa shape index (κ3) is 4.32. The van der Waals surface area contributed by atoms with E-state index in [2.05, 4.69) is 15.5 Å². The summed E-state index contributed by atoms with van der Waals surface area (Å²) in [7, 11) is 1.84. The van der Waals surface area contributed by atoms with Crippen LogP contribution >= 0.6 is 0 Å². The van der Waals surface area contributed by atoms with Crippen LogP contribution in [0.5, 0.6) is 11.6 Å². The van der Waals surface area contributed by atoms with E-state index in [1.807, 2.05) is 33.0 Å². The number of hydrogen-bond acceptors (Lipinski definition) is 6. The lowest BCUT2D eigenvalue weighted by molar-refractivity contribution is 0.210. The van der Waals surface area contributed by atoms with Crippen molar-refractivity contribution in [1.29, 1.82) is 0 Å². The van der Waals surface area contributed by atoms with E-state index < -0.39 is 6.09 Å². The number of amides is 1. The molecule has 2 aromatic heterocycles. The molecule has 0 fully saturated rings. The summed E-state index contributed by atoms with van der Waals surface area (Å²) in [5.74, 6) is 1.06. The zero-order chi connectivity index (χ0) is 20.1. The van der Waals surface area contributed by atoms with Crippen LogP contribution in [0.25, 0.3) is 11.3 Å². The maximum atomic E-state index is 12.3. The molecule has 3 N–H and O–H groups in total. The maximum absolute atomic E-state index is 12.3. The topological polar surface area (TPSA) is 109 Å². The van der Waals surface area contributed by atoms with Crippen molar-refractivity contribution >= 4 is 11.8 Å². The summed E-state index contributed by atoms with van der Waals surface area (Å²) in [5, 5.41) is 11.2. The van der Waals surface area contributed by atoms with Crippen LogP contribution in [-0.2, 0) is 13.6 Å². The molecule has 0 atom stereocenters. The van der Waals surface area contributed by atoms with Gasteiger partial charge in [-0.1, -0.05) is 0 Å². The molecule has 2 heterocycles. The van der Waals surface area contributed by atoms with Crippen LogP contribution in [0.3, 0.4) is 0 Å². The standard InChI is InChI=1S/C19H24N6O3/c1-4-25-18(11-13(2)23-25)28-19(26)22-14-5-6-17(27-10-8-20)15(12-14)16-7-9-21-24(16)3/h5-7,9,11-12H,4,8,10,20H2,1-3H3,(H,22,26). The summed E-state index contributed by atoms with van der Waals surface area (Å²) >= 11 is 0. The first-order valence-corrected chi connectivity index (χ1v) is 9.00. The Hall–Kier alpha value is -3.33. The van der Waals surface area contributed by atoms with E-state index in [0.717, 1.165) is 17.0 Å². The molecule has 9 heteroatoms. The van der Waals surface area contributed by atoms with Gasteiger partial charge in [-0.3, -0.25) is 10.00 Å². The molecule has 0 aliphatic rings. The highest BCUT2D eigenvalue weighted by Crippen LogP contribution is 2.32. The SMILES string of the molecule is CCn1nc(C)cc1OC(=O)Nc1ccc(OCCN)c(-c2ccnn2C)c1. The third-order valence-corrected chi connectivity index (χ3v) is 4.06. The minimum absolute atomic E-state index is 0.389. The van der Waals surface area contributed by atoms with Crippen LogP contribution in [0.4, 0.5) is 10.5 Å². The molecule has 3 rings (SSSR count). The highest BCUT2D eigenvalue weighted by Gasteiger charge is 2.15. The molecule has 1 amide bonds. The van der Waals surface area contributed by atoms with Gasteiger partial charge in [0.25, 0.3) is 0 Å². The second-order valence-corrected chi connectivity index (χ2v) is 6.14. The average Bonchev–Trinajstić information content (AvgIpc) is 3.25. The fourth-order valence-electron chi connectivity index (χ4n) is 2.81. The highest BCUT2D eigenvalue weighted by molar-refractivity contribution is 5.88. The number of nitrogens with zero attached hydrogens (tertiary/aromatic N) is 4. The molecule has 148 valence electrons. The number of carbonyl (C=O) groups excluding carboxylic acids is 1. The van der Waals surface area contributed by atoms with Crippen LogP contribution < -0.4 is 20.5 Å². The largest absolute Gasteiger partial charge is 0.492 e. The third-order valence-electron chi connectivity index (χ3n) is 4.06. The van der Waals surface area contributed by atoms with Crippen molar-refractivity contribution in [2.24, 2.45) is 12.8 Å². The fourth-order valence-corrected chi connectivity index (χ4v) is 2.81. The Morgan fingerprint density at radius 2 is 2.11 bits per heavy atom. The lowest BCUT2D eigenvalue weighted by Gasteiger charge is -2.14. The summed E-state index contributed by atoms with van der Waals surface area (Å²) in [4.78, 5) is 12.3. The van der Waals surface area contributed by atoms with Gasteiger partial charge in [-0.2, -0.15) is 10.2 Å². The molecule has 0 radical (unpaired) electrons. The summed E-state index contributed by atoms with van der Waals surface area (Å²) in [6, 6.07) is 8.93. The number of nitrogens with one attached hydrogen (secondary N) is 1. The normalized spacial score (nSPS) is 10.7. The van der Waals surface area contributed by atoms with Crippen molar-refractivity contribution in [3.8, 4) is 22.9 Å². The Labute approximate surface area is 163 Å². The van der Waals surface area contributed by atoms with E-state index in [-0.39, 0.29) is 0 Å². The zero-order valence-corrected chi connectivity index (χ0v) is 16.2. The van der Waals surface area contributed by atoms with Crippen molar-refractivity contribution in [3.63, 3.8) is 0 Å². The Morgan fingerprint density at radius 1 is 1.29 bits per heavy atom. The van der Waals surface area contributed by atoms with Gasteiger partial charge in [0.2, 0.25) is 5.88 Å². The second-order valence-electron chi connectivity index (χ2n) is 6.14. The number of carbonyl (C=O) groups is 1. The lowest BCUT2D eigenvalue weighted by Crippen LogP contribution is -2.19. The van der Waals surface area contributed by atoms with Crippen LogP contribution in [0.1, 0.15) is 12.6 Å². The summed E-state index contributed by atoms with van der Waals surface area (Å²) in [5.41, 5.74) is 8.54. The van der Waals surface area contributed by atoms with Gasteiger partial charge < -0.3 is 15.2 Å². The predicted octanol–water partition coefficient (Wildman–Crippen LogP) is 2.56. The van der Waals surface area contributed by atoms with Gasteiger partial charge in [0.1, 0.15) is 12.4 Å². The second kappa shape index (κ2) is 8.57. The lowest BCUT2D eigenvalue weighted by atomic mass is 10.1. The molecule has 28 heavy (non-hydrogen) atoms. The Morgan fingerprint density at radius 3 is 2.79 bits per heavy atom. The van der Waals surface area contributed by atoms with Crippen molar-refractivity contribution in [1.82, 2.24) is 19.6 Å². The van der Waals surface area contributed by atoms with Crippen LogP contribution in [0.15, 0.2) is 36.5 Å². The Kier molecular flexibility index (Phi) is 5.95. The minimum Gasteiger partial charge on any atom is -0.492 e. The van der Waals surface area contributed by atoms with E-state index in [4.69, 9.17) is 15.2 Å². The number of aromatic nitrogens is 4. The molecular weight excluding hydrogens is 360 g/mol. The van der Waals surface area contributed by atoms with Crippen molar-refractivity contribution in [2.45, 2.75) is 20.4 Å². The maximum Gasteiger partial charge on any atom is 0.418 e. The van der Waals surface area contributed by atoms with E-state index in [9.17, 15) is 4.79 Å². The van der Waals surface area contributed by atoms with Crippen molar-refractivity contribution in [2.75, 3.05) is 18.5 Å². The van der Waals surface area contributed by atoms with Crippen molar-refractivity contribution in [3.05, 3.63) is 42.2 Å². The molecule has 9 nitrogen and oxygen atoms in total. The first kappa shape index (κ1) is 19.4. The van der Waals surface area contributed by atoms with Crippen LogP contribution in [0, 0.1) is 6.92 Å². The smallest absolute Gasteiger partial charge is 0.418 e. The quantitative estimate of drug-likeness (QED) is 0.648. The highest BCUT2D eigenvalue weighted by atomic mass is 16.6. The molecular formula is C19H24N6O3. The summed E-state index contributed by atoms with van der Waals surface area (Å²) in [6.45, 7) is 5.17. The van der Waals surface area contributed by atoms with Gasteiger partial charge in [0, 0.05) is 43.7 Å². The molecule has 0 saturated heterocycles. The van der Waals surface area contributed by atoms with Gasteiger partial charge in [0.15, 0.2) is 0 Å². The van der Waals surface area contributed by atoms with Crippen LogP contribution in [-0.4, -0.2) is 38.8 Å². The van der Waals surface area contributed by atoms with Crippen molar-refractivity contribution < 1.29 is 14.3 Å².